The summed E-state index contributed by atoms with van der Waals surface area (Å²) in [5.74, 6) is -0.0320. The smallest absolute Gasteiger partial charge is 0.251 e. The van der Waals surface area contributed by atoms with Gasteiger partial charge in [0.1, 0.15) is 0 Å². The lowest BCUT2D eigenvalue weighted by atomic mass is 10.2. The molecule has 1 heterocycles. The third kappa shape index (κ3) is 5.52. The van der Waals surface area contributed by atoms with Crippen molar-refractivity contribution >= 4 is 23.4 Å². The molecule has 1 aromatic carbocycles. The van der Waals surface area contributed by atoms with Crippen molar-refractivity contribution in [3.05, 3.63) is 34.9 Å². The van der Waals surface area contributed by atoms with E-state index in [4.69, 9.17) is 16.3 Å². The monoisotopic (exact) mass is 338 g/mol. The number of ether oxygens (including phenoxy) is 1. The maximum absolute atomic E-state index is 12.2. The molecule has 1 fully saturated rings. The Morgan fingerprint density at radius 1 is 1.22 bits per heavy atom. The van der Waals surface area contributed by atoms with Crippen LogP contribution in [-0.4, -0.2) is 48.6 Å². The van der Waals surface area contributed by atoms with Crippen LogP contribution < -0.4 is 5.32 Å². The molecule has 0 bridgehead atoms. The van der Waals surface area contributed by atoms with Crippen molar-refractivity contribution in [2.24, 2.45) is 0 Å². The summed E-state index contributed by atoms with van der Waals surface area (Å²) < 4.78 is 5.62. The Bertz CT molecular complexity index is 537. The number of hydrogen-bond donors (Lipinski definition) is 1. The summed E-state index contributed by atoms with van der Waals surface area (Å²) in [7, 11) is 0. The molecule has 2 rings (SSSR count). The van der Waals surface area contributed by atoms with Crippen LogP contribution in [0.15, 0.2) is 24.3 Å². The molecule has 126 valence electrons. The second kappa shape index (κ2) is 8.31. The molecule has 0 aromatic heterocycles. The van der Waals surface area contributed by atoms with E-state index in [0.29, 0.717) is 43.1 Å². The Morgan fingerprint density at radius 2 is 1.83 bits per heavy atom. The van der Waals surface area contributed by atoms with Gasteiger partial charge in [0.2, 0.25) is 5.91 Å². The van der Waals surface area contributed by atoms with Gasteiger partial charge in [0.25, 0.3) is 5.91 Å². The first-order valence-corrected chi connectivity index (χ1v) is 8.30. The van der Waals surface area contributed by atoms with Gasteiger partial charge in [-0.05, 0) is 44.5 Å². The van der Waals surface area contributed by atoms with Crippen molar-refractivity contribution in [3.63, 3.8) is 0 Å². The first-order valence-electron chi connectivity index (χ1n) is 7.92. The molecule has 1 aliphatic heterocycles. The van der Waals surface area contributed by atoms with Crippen molar-refractivity contribution in [1.29, 1.82) is 0 Å². The van der Waals surface area contributed by atoms with Crippen LogP contribution in [0.5, 0.6) is 0 Å². The zero-order chi connectivity index (χ0) is 16.8. The van der Waals surface area contributed by atoms with Gasteiger partial charge in [-0.1, -0.05) is 11.6 Å². The number of nitrogens with one attached hydrogen (secondary N) is 1. The molecule has 0 aliphatic carbocycles. The fraction of sp³-hybridized carbons (Fsp3) is 0.529. The van der Waals surface area contributed by atoms with E-state index in [9.17, 15) is 9.59 Å². The molecule has 0 saturated carbocycles. The molecule has 1 aliphatic rings. The van der Waals surface area contributed by atoms with E-state index in [0.717, 1.165) is 0 Å². The summed E-state index contributed by atoms with van der Waals surface area (Å²) in [5, 5.41) is 3.42. The number of hydrogen-bond acceptors (Lipinski definition) is 3. The van der Waals surface area contributed by atoms with Gasteiger partial charge in [-0.3, -0.25) is 9.59 Å². The Balaban J connectivity index is 1.69. The van der Waals surface area contributed by atoms with E-state index in [2.05, 4.69) is 5.32 Å². The number of morpholine rings is 1. The molecule has 6 heteroatoms. The second-order valence-electron chi connectivity index (χ2n) is 5.92. The van der Waals surface area contributed by atoms with Crippen molar-refractivity contribution in [3.8, 4) is 0 Å². The normalized spacial score (nSPS) is 21.1. The van der Waals surface area contributed by atoms with Crippen molar-refractivity contribution in [2.45, 2.75) is 38.9 Å². The van der Waals surface area contributed by atoms with Crippen LogP contribution in [0.4, 0.5) is 0 Å². The van der Waals surface area contributed by atoms with E-state index < -0.39 is 0 Å². The molecule has 1 saturated heterocycles. The lowest BCUT2D eigenvalue weighted by Gasteiger charge is -2.35. The zero-order valence-electron chi connectivity index (χ0n) is 13.5. The molecule has 23 heavy (non-hydrogen) atoms. The van der Waals surface area contributed by atoms with Gasteiger partial charge in [0, 0.05) is 36.6 Å². The molecular formula is C17H23ClN2O3. The minimum atomic E-state index is -0.150. The summed E-state index contributed by atoms with van der Waals surface area (Å²) >= 11 is 5.79. The van der Waals surface area contributed by atoms with E-state index >= 15 is 0 Å². The topological polar surface area (TPSA) is 58.6 Å². The highest BCUT2D eigenvalue weighted by atomic mass is 35.5. The minimum Gasteiger partial charge on any atom is -0.372 e. The van der Waals surface area contributed by atoms with E-state index in [1.54, 1.807) is 24.3 Å². The second-order valence-corrected chi connectivity index (χ2v) is 6.36. The van der Waals surface area contributed by atoms with Crippen molar-refractivity contribution in [1.82, 2.24) is 10.2 Å². The predicted molar refractivity (Wildman–Crippen MR) is 89.6 cm³/mol. The van der Waals surface area contributed by atoms with Crippen molar-refractivity contribution < 1.29 is 14.3 Å². The van der Waals surface area contributed by atoms with Crippen LogP contribution in [0, 0.1) is 0 Å². The first kappa shape index (κ1) is 17.8. The zero-order valence-corrected chi connectivity index (χ0v) is 14.3. The number of rotatable bonds is 5. The van der Waals surface area contributed by atoms with E-state index in [-0.39, 0.29) is 24.0 Å². The van der Waals surface area contributed by atoms with Crippen LogP contribution in [0.25, 0.3) is 0 Å². The van der Waals surface area contributed by atoms with Crippen LogP contribution in [-0.2, 0) is 9.53 Å². The van der Waals surface area contributed by atoms with Gasteiger partial charge in [0.15, 0.2) is 0 Å². The lowest BCUT2D eigenvalue weighted by molar-refractivity contribution is -0.143. The highest BCUT2D eigenvalue weighted by molar-refractivity contribution is 6.30. The maximum Gasteiger partial charge on any atom is 0.251 e. The average Bonchev–Trinajstić information content (AvgIpc) is 2.50. The number of carbonyl (C=O) groups is 2. The number of benzene rings is 1. The Hall–Kier alpha value is -1.59. The predicted octanol–water partition coefficient (Wildman–Crippen LogP) is 2.49. The average molecular weight is 339 g/mol. The van der Waals surface area contributed by atoms with Gasteiger partial charge in [-0.15, -0.1) is 0 Å². The fourth-order valence-corrected chi connectivity index (χ4v) is 2.81. The van der Waals surface area contributed by atoms with Gasteiger partial charge < -0.3 is 15.0 Å². The van der Waals surface area contributed by atoms with Gasteiger partial charge in [-0.2, -0.15) is 0 Å². The first-order chi connectivity index (χ1) is 11.0. The standard InChI is InChI=1S/C17H23ClN2O3/c1-12-10-20(11-13(2)23-12)16(21)4-3-9-19-17(22)14-5-7-15(18)8-6-14/h5-8,12-13H,3-4,9-11H2,1-2H3,(H,19,22)/t12-,13-/m0/s1. The Labute approximate surface area is 141 Å². The largest absolute Gasteiger partial charge is 0.372 e. The van der Waals surface area contributed by atoms with E-state index in [1.165, 1.54) is 0 Å². The molecule has 0 unspecified atom stereocenters. The Morgan fingerprint density at radius 3 is 2.43 bits per heavy atom. The van der Waals surface area contributed by atoms with Crippen LogP contribution in [0.2, 0.25) is 5.02 Å². The summed E-state index contributed by atoms with van der Waals surface area (Å²) in [6.45, 7) is 5.70. The number of nitrogens with zero attached hydrogens (tertiary/aromatic N) is 1. The molecule has 5 nitrogen and oxygen atoms in total. The van der Waals surface area contributed by atoms with Crippen molar-refractivity contribution in [2.75, 3.05) is 19.6 Å². The number of carbonyl (C=O) groups excluding carboxylic acids is 2. The fourth-order valence-electron chi connectivity index (χ4n) is 2.68. The number of halogens is 1. The summed E-state index contributed by atoms with van der Waals surface area (Å²) in [6, 6.07) is 6.72. The van der Waals surface area contributed by atoms with Crippen LogP contribution in [0.1, 0.15) is 37.0 Å². The molecule has 0 spiro atoms. The Kier molecular flexibility index (Phi) is 6.42. The molecule has 0 radical (unpaired) electrons. The molecular weight excluding hydrogens is 316 g/mol. The summed E-state index contributed by atoms with van der Waals surface area (Å²) in [4.78, 5) is 26.0. The molecule has 2 amide bonds. The van der Waals surface area contributed by atoms with Gasteiger partial charge >= 0.3 is 0 Å². The van der Waals surface area contributed by atoms with E-state index in [1.807, 2.05) is 18.7 Å². The highest BCUT2D eigenvalue weighted by Crippen LogP contribution is 2.12. The minimum absolute atomic E-state index is 0.0762. The van der Waals surface area contributed by atoms with Crippen LogP contribution in [0.3, 0.4) is 0 Å². The quantitative estimate of drug-likeness (QED) is 0.839. The molecule has 1 N–H and O–H groups in total. The molecule has 1 aromatic rings. The SMILES string of the molecule is C[C@H]1CN(C(=O)CCCNC(=O)c2ccc(Cl)cc2)C[C@H](C)O1. The third-order valence-corrected chi connectivity index (χ3v) is 3.98. The van der Waals surface area contributed by atoms with Gasteiger partial charge in [0.05, 0.1) is 12.2 Å². The molecule has 2 atom stereocenters. The summed E-state index contributed by atoms with van der Waals surface area (Å²) in [5.41, 5.74) is 0.566. The highest BCUT2D eigenvalue weighted by Gasteiger charge is 2.25. The maximum atomic E-state index is 12.2. The van der Waals surface area contributed by atoms with Crippen LogP contribution >= 0.6 is 11.6 Å². The summed E-state index contributed by atoms with van der Waals surface area (Å²) in [6.07, 6.45) is 1.21. The lowest BCUT2D eigenvalue weighted by Crippen LogP contribution is -2.48. The van der Waals surface area contributed by atoms with Gasteiger partial charge in [-0.25, -0.2) is 0 Å². The third-order valence-electron chi connectivity index (χ3n) is 3.73. The number of amides is 2.